The Morgan fingerprint density at radius 2 is 1.80 bits per heavy atom. The van der Waals surface area contributed by atoms with Crippen LogP contribution >= 0.6 is 0 Å². The summed E-state index contributed by atoms with van der Waals surface area (Å²) in [7, 11) is 0. The first kappa shape index (κ1) is 9.60. The Morgan fingerprint density at radius 1 is 1.07 bits per heavy atom. The number of benzene rings is 2. The van der Waals surface area contributed by atoms with Gasteiger partial charge in [-0.1, -0.05) is 0 Å². The Morgan fingerprint density at radius 3 is 2.47 bits per heavy atom. The molecule has 0 unspecified atom stereocenters. The molecule has 0 atom stereocenters. The molecule has 0 N–H and O–H groups in total. The molecule has 3 heteroatoms. The minimum Gasteiger partial charge on any atom is -0.207 e. The van der Waals surface area contributed by atoms with E-state index in [0.717, 1.165) is 6.07 Å². The van der Waals surface area contributed by atoms with Crippen LogP contribution in [0, 0.1) is 29.9 Å². The van der Waals surface area contributed by atoms with Gasteiger partial charge >= 0.3 is 0 Å². The van der Waals surface area contributed by atoms with Crippen molar-refractivity contribution in [1.82, 2.24) is 0 Å². The van der Waals surface area contributed by atoms with Gasteiger partial charge in [0.1, 0.15) is 11.6 Å². The quantitative estimate of drug-likeness (QED) is 0.644. The van der Waals surface area contributed by atoms with Crippen LogP contribution in [0.25, 0.3) is 10.8 Å². The molecule has 0 aliphatic heterocycles. The summed E-state index contributed by atoms with van der Waals surface area (Å²) in [5, 5.41) is 9.51. The molecule has 0 aromatic heterocycles. The lowest BCUT2D eigenvalue weighted by molar-refractivity contribution is 0.592. The second kappa shape index (κ2) is 3.32. The first-order valence-corrected chi connectivity index (χ1v) is 4.41. The zero-order valence-corrected chi connectivity index (χ0v) is 8.01. The van der Waals surface area contributed by atoms with Gasteiger partial charge in [-0.05, 0) is 36.1 Å². The highest BCUT2D eigenvalue weighted by Gasteiger charge is 2.07. The number of nitriles is 1. The first-order chi connectivity index (χ1) is 7.11. The average molecular weight is 203 g/mol. The largest absolute Gasteiger partial charge is 0.207 e. The van der Waals surface area contributed by atoms with E-state index in [-0.39, 0.29) is 5.39 Å². The van der Waals surface area contributed by atoms with Crippen molar-refractivity contribution in [3.05, 3.63) is 47.0 Å². The molecule has 2 aromatic rings. The van der Waals surface area contributed by atoms with Crippen molar-refractivity contribution in [3.63, 3.8) is 0 Å². The van der Waals surface area contributed by atoms with Gasteiger partial charge < -0.3 is 0 Å². The van der Waals surface area contributed by atoms with Crippen molar-refractivity contribution in [2.24, 2.45) is 0 Å². The van der Waals surface area contributed by atoms with Gasteiger partial charge in [0.25, 0.3) is 0 Å². The summed E-state index contributed by atoms with van der Waals surface area (Å²) < 4.78 is 26.3. The Kier molecular flexibility index (Phi) is 2.12. The maximum Gasteiger partial charge on any atom is 0.133 e. The fourth-order valence-electron chi connectivity index (χ4n) is 1.63. The van der Waals surface area contributed by atoms with E-state index >= 15 is 0 Å². The van der Waals surface area contributed by atoms with Crippen molar-refractivity contribution in [2.75, 3.05) is 0 Å². The van der Waals surface area contributed by atoms with Gasteiger partial charge in [-0.15, -0.1) is 0 Å². The molecule has 0 radical (unpaired) electrons. The average Bonchev–Trinajstić information content (AvgIpc) is 2.19. The van der Waals surface area contributed by atoms with Gasteiger partial charge in [-0.2, -0.15) is 5.26 Å². The zero-order valence-electron chi connectivity index (χ0n) is 8.01. The number of hydrogen-bond donors (Lipinski definition) is 0. The molecule has 0 saturated heterocycles. The predicted molar refractivity (Wildman–Crippen MR) is 53.3 cm³/mol. The summed E-state index contributed by atoms with van der Waals surface area (Å²) in [5.74, 6) is -1.24. The fourth-order valence-corrected chi connectivity index (χ4v) is 1.63. The topological polar surface area (TPSA) is 23.8 Å². The van der Waals surface area contributed by atoms with Crippen LogP contribution in [-0.2, 0) is 0 Å². The Balaban J connectivity index is 2.93. The molecular weight excluding hydrogens is 196 g/mol. The van der Waals surface area contributed by atoms with E-state index in [2.05, 4.69) is 0 Å². The Bertz CT molecular complexity index is 582. The van der Waals surface area contributed by atoms with Crippen LogP contribution in [-0.4, -0.2) is 0 Å². The molecule has 0 spiro atoms. The molecule has 74 valence electrons. The normalized spacial score (nSPS) is 10.3. The van der Waals surface area contributed by atoms with Gasteiger partial charge in [0.15, 0.2) is 0 Å². The summed E-state index contributed by atoms with van der Waals surface area (Å²) >= 11 is 0. The van der Waals surface area contributed by atoms with Crippen LogP contribution in [0.15, 0.2) is 24.3 Å². The molecule has 0 amide bonds. The van der Waals surface area contributed by atoms with Crippen LogP contribution in [0.1, 0.15) is 11.1 Å². The van der Waals surface area contributed by atoms with Gasteiger partial charge in [-0.25, -0.2) is 8.78 Å². The monoisotopic (exact) mass is 203 g/mol. The molecular formula is C12H7F2N. The SMILES string of the molecule is Cc1cc(C#N)cc2c(F)cc(F)cc12. The molecule has 0 fully saturated rings. The summed E-state index contributed by atoms with van der Waals surface area (Å²) in [5.41, 5.74) is 1.08. The highest BCUT2D eigenvalue weighted by molar-refractivity contribution is 5.87. The van der Waals surface area contributed by atoms with Gasteiger partial charge in [-0.3, -0.25) is 0 Å². The molecule has 0 heterocycles. The minimum absolute atomic E-state index is 0.285. The van der Waals surface area contributed by atoms with Crippen molar-refractivity contribution in [3.8, 4) is 6.07 Å². The van der Waals surface area contributed by atoms with E-state index < -0.39 is 11.6 Å². The van der Waals surface area contributed by atoms with E-state index in [1.54, 1.807) is 13.0 Å². The summed E-state index contributed by atoms with van der Waals surface area (Å²) in [6.07, 6.45) is 0. The third-order valence-corrected chi connectivity index (χ3v) is 2.32. The number of rotatable bonds is 0. The smallest absolute Gasteiger partial charge is 0.133 e. The summed E-state index contributed by atoms with van der Waals surface area (Å²) in [6.45, 7) is 1.72. The molecule has 0 saturated carbocycles. The predicted octanol–water partition coefficient (Wildman–Crippen LogP) is 3.30. The summed E-state index contributed by atoms with van der Waals surface area (Å²) in [6, 6.07) is 7.08. The molecule has 2 aromatic carbocycles. The standard InChI is InChI=1S/C12H7F2N/c1-7-2-8(6-15)3-11-10(7)4-9(13)5-12(11)14/h2-5H,1H3. The van der Waals surface area contributed by atoms with Gasteiger partial charge in [0.05, 0.1) is 11.6 Å². The van der Waals surface area contributed by atoms with Crippen LogP contribution in [0.5, 0.6) is 0 Å². The molecule has 2 rings (SSSR count). The van der Waals surface area contributed by atoms with E-state index in [1.165, 1.54) is 12.1 Å². The van der Waals surface area contributed by atoms with Crippen molar-refractivity contribution >= 4 is 10.8 Å². The van der Waals surface area contributed by atoms with E-state index in [0.29, 0.717) is 16.5 Å². The molecule has 15 heavy (non-hydrogen) atoms. The van der Waals surface area contributed by atoms with E-state index in [4.69, 9.17) is 5.26 Å². The maximum absolute atomic E-state index is 13.4. The molecule has 0 bridgehead atoms. The Labute approximate surface area is 85.6 Å². The first-order valence-electron chi connectivity index (χ1n) is 4.41. The zero-order chi connectivity index (χ0) is 11.0. The summed E-state index contributed by atoms with van der Waals surface area (Å²) in [4.78, 5) is 0. The highest BCUT2D eigenvalue weighted by atomic mass is 19.1. The highest BCUT2D eigenvalue weighted by Crippen LogP contribution is 2.24. The molecule has 0 aliphatic carbocycles. The van der Waals surface area contributed by atoms with Crippen LogP contribution in [0.3, 0.4) is 0 Å². The van der Waals surface area contributed by atoms with Gasteiger partial charge in [0, 0.05) is 11.5 Å². The van der Waals surface area contributed by atoms with Crippen molar-refractivity contribution in [2.45, 2.75) is 6.92 Å². The van der Waals surface area contributed by atoms with E-state index in [1.807, 2.05) is 6.07 Å². The number of nitrogens with zero attached hydrogens (tertiary/aromatic N) is 1. The van der Waals surface area contributed by atoms with Crippen molar-refractivity contribution < 1.29 is 8.78 Å². The Hall–Kier alpha value is -1.95. The third-order valence-electron chi connectivity index (χ3n) is 2.32. The second-order valence-electron chi connectivity index (χ2n) is 3.39. The maximum atomic E-state index is 13.4. The van der Waals surface area contributed by atoms with E-state index in [9.17, 15) is 8.78 Å². The molecule has 0 aliphatic rings. The van der Waals surface area contributed by atoms with Crippen LogP contribution in [0.4, 0.5) is 8.78 Å². The van der Waals surface area contributed by atoms with Gasteiger partial charge in [0.2, 0.25) is 0 Å². The number of halogens is 2. The van der Waals surface area contributed by atoms with Crippen LogP contribution < -0.4 is 0 Å². The van der Waals surface area contributed by atoms with Crippen LogP contribution in [0.2, 0.25) is 0 Å². The fraction of sp³-hybridized carbons (Fsp3) is 0.0833. The molecule has 1 nitrogen and oxygen atoms in total. The third kappa shape index (κ3) is 1.55. The lowest BCUT2D eigenvalue weighted by atomic mass is 10.0. The number of fused-ring (bicyclic) bond motifs is 1. The number of aryl methyl sites for hydroxylation is 1. The van der Waals surface area contributed by atoms with Crippen molar-refractivity contribution in [1.29, 1.82) is 5.26 Å². The second-order valence-corrected chi connectivity index (χ2v) is 3.39. The minimum atomic E-state index is -0.634. The lowest BCUT2D eigenvalue weighted by Gasteiger charge is -2.04. The lowest BCUT2D eigenvalue weighted by Crippen LogP contribution is -1.88. The number of hydrogen-bond acceptors (Lipinski definition) is 1.